The molecule has 0 rings (SSSR count). The Hall–Kier alpha value is -0.0500. The highest BCUT2D eigenvalue weighted by atomic mass is 79.9. The first-order chi connectivity index (χ1) is 7.41. The molecule has 0 saturated carbocycles. The smallest absolute Gasteiger partial charge is 0.293 e. The van der Waals surface area contributed by atoms with Crippen LogP contribution in [0.25, 0.3) is 0 Å². The summed E-state index contributed by atoms with van der Waals surface area (Å²) >= 11 is 3.44. The second-order valence-corrected chi connectivity index (χ2v) is 4.63. The second-order valence-electron chi connectivity index (χ2n) is 3.84. The van der Waals surface area contributed by atoms with E-state index in [2.05, 4.69) is 20.7 Å². The maximum atomic E-state index is 9.84. The predicted molar refractivity (Wildman–Crippen MR) is 67.4 cm³/mol. The second kappa shape index (κ2) is 13.9. The summed E-state index contributed by atoms with van der Waals surface area (Å²) in [6.45, 7) is 1.12. The molecule has 0 N–H and O–H groups in total. The number of unbranched alkanes of at least 4 members (excludes halogenated alkanes) is 8. The van der Waals surface area contributed by atoms with Gasteiger partial charge in [-0.25, -0.2) is 0 Å². The largest absolute Gasteiger partial charge is 0.468 e. The minimum atomic E-state index is 0.532. The van der Waals surface area contributed by atoms with E-state index in [4.69, 9.17) is 0 Å². The number of alkyl halides is 1. The highest BCUT2D eigenvalue weighted by molar-refractivity contribution is 9.09. The first-order valence-electron chi connectivity index (χ1n) is 6.03. The molecule has 15 heavy (non-hydrogen) atoms. The first-order valence-corrected chi connectivity index (χ1v) is 7.15. The first kappa shape index (κ1) is 14.9. The third kappa shape index (κ3) is 14.0. The van der Waals surface area contributed by atoms with E-state index < -0.39 is 0 Å². The van der Waals surface area contributed by atoms with E-state index in [1.54, 1.807) is 0 Å². The normalized spacial score (nSPS) is 10.2. The lowest BCUT2D eigenvalue weighted by atomic mass is 10.1. The van der Waals surface area contributed by atoms with Gasteiger partial charge in [0.15, 0.2) is 0 Å². The zero-order valence-corrected chi connectivity index (χ0v) is 11.1. The Morgan fingerprint density at radius 1 is 0.800 bits per heavy atom. The van der Waals surface area contributed by atoms with Crippen LogP contribution in [-0.2, 0) is 9.53 Å². The number of halogens is 1. The minimum absolute atomic E-state index is 0.532. The van der Waals surface area contributed by atoms with Gasteiger partial charge in [0, 0.05) is 5.33 Å². The molecule has 0 bridgehead atoms. The maximum absolute atomic E-state index is 9.84. The number of hydrogen-bond donors (Lipinski definition) is 0. The van der Waals surface area contributed by atoms with Crippen molar-refractivity contribution in [1.29, 1.82) is 0 Å². The van der Waals surface area contributed by atoms with E-state index in [1.165, 1.54) is 51.4 Å². The van der Waals surface area contributed by atoms with E-state index in [0.717, 1.165) is 11.8 Å². The summed E-state index contributed by atoms with van der Waals surface area (Å²) in [5.74, 6) is 0. The van der Waals surface area contributed by atoms with E-state index in [1.807, 2.05) is 0 Å². The van der Waals surface area contributed by atoms with Crippen molar-refractivity contribution in [3.63, 3.8) is 0 Å². The average Bonchev–Trinajstić information content (AvgIpc) is 2.26. The van der Waals surface area contributed by atoms with E-state index in [-0.39, 0.29) is 0 Å². The fourth-order valence-electron chi connectivity index (χ4n) is 1.57. The van der Waals surface area contributed by atoms with Crippen LogP contribution in [0.1, 0.15) is 57.8 Å². The molecule has 0 saturated heterocycles. The van der Waals surface area contributed by atoms with Crippen LogP contribution in [0.2, 0.25) is 0 Å². The standard InChI is InChI=1S/C12H23BrO2/c13-10-8-6-4-2-1-3-5-7-9-11-15-12-14/h12H,1-11H2. The molecule has 0 aromatic carbocycles. The van der Waals surface area contributed by atoms with E-state index >= 15 is 0 Å². The summed E-state index contributed by atoms with van der Waals surface area (Å²) in [5, 5.41) is 1.14. The Labute approximate surface area is 102 Å². The van der Waals surface area contributed by atoms with E-state index in [9.17, 15) is 4.79 Å². The van der Waals surface area contributed by atoms with Crippen molar-refractivity contribution in [3.05, 3.63) is 0 Å². The molecule has 0 aliphatic rings. The Bertz CT molecular complexity index is 129. The molecule has 0 spiro atoms. The molecule has 3 heteroatoms. The summed E-state index contributed by atoms with van der Waals surface area (Å²) < 4.78 is 4.62. The van der Waals surface area contributed by atoms with Gasteiger partial charge in [0.2, 0.25) is 0 Å². The van der Waals surface area contributed by atoms with Gasteiger partial charge in [0.05, 0.1) is 6.61 Å². The van der Waals surface area contributed by atoms with Crippen molar-refractivity contribution in [3.8, 4) is 0 Å². The van der Waals surface area contributed by atoms with Crippen molar-refractivity contribution in [2.75, 3.05) is 11.9 Å². The van der Waals surface area contributed by atoms with E-state index in [0.29, 0.717) is 13.1 Å². The van der Waals surface area contributed by atoms with Crippen LogP contribution < -0.4 is 0 Å². The van der Waals surface area contributed by atoms with Gasteiger partial charge < -0.3 is 4.74 Å². The van der Waals surface area contributed by atoms with Crippen molar-refractivity contribution in [2.45, 2.75) is 57.8 Å². The molecule has 0 atom stereocenters. The highest BCUT2D eigenvalue weighted by Gasteiger charge is 1.92. The van der Waals surface area contributed by atoms with Gasteiger partial charge in [0.1, 0.15) is 0 Å². The highest BCUT2D eigenvalue weighted by Crippen LogP contribution is 2.10. The number of carbonyl (C=O) groups is 1. The Kier molecular flexibility index (Phi) is 13.9. The molecule has 90 valence electrons. The van der Waals surface area contributed by atoms with Gasteiger partial charge in [-0.3, -0.25) is 4.79 Å². The fourth-order valence-corrected chi connectivity index (χ4v) is 1.96. The van der Waals surface area contributed by atoms with Crippen LogP contribution in [0.15, 0.2) is 0 Å². The molecule has 0 unspecified atom stereocenters. The van der Waals surface area contributed by atoms with Gasteiger partial charge in [-0.05, 0) is 12.8 Å². The molecule has 0 aromatic heterocycles. The number of carbonyl (C=O) groups excluding carboxylic acids is 1. The lowest BCUT2D eigenvalue weighted by Gasteiger charge is -2.01. The van der Waals surface area contributed by atoms with Crippen molar-refractivity contribution in [1.82, 2.24) is 0 Å². The van der Waals surface area contributed by atoms with Crippen LogP contribution in [0.3, 0.4) is 0 Å². The zero-order valence-electron chi connectivity index (χ0n) is 9.55. The summed E-state index contributed by atoms with van der Waals surface area (Å²) in [7, 11) is 0. The quantitative estimate of drug-likeness (QED) is 0.306. The molecule has 0 fully saturated rings. The fraction of sp³-hybridized carbons (Fsp3) is 0.917. The summed E-state index contributed by atoms with van der Waals surface area (Å²) in [6.07, 6.45) is 11.6. The van der Waals surface area contributed by atoms with Crippen LogP contribution in [-0.4, -0.2) is 18.4 Å². The zero-order chi connectivity index (χ0) is 11.2. The molecule has 2 nitrogen and oxygen atoms in total. The number of hydrogen-bond acceptors (Lipinski definition) is 2. The van der Waals surface area contributed by atoms with Crippen molar-refractivity contribution < 1.29 is 9.53 Å². The lowest BCUT2D eigenvalue weighted by molar-refractivity contribution is -0.128. The average molecular weight is 279 g/mol. The SMILES string of the molecule is O=COCCCCCCCCCCCBr. The van der Waals surface area contributed by atoms with Crippen LogP contribution in [0, 0.1) is 0 Å². The van der Waals surface area contributed by atoms with Crippen molar-refractivity contribution >= 4 is 22.4 Å². The number of rotatable bonds is 12. The Morgan fingerprint density at radius 2 is 1.27 bits per heavy atom. The Balaban J connectivity index is 2.83. The van der Waals surface area contributed by atoms with Gasteiger partial charge in [-0.2, -0.15) is 0 Å². The van der Waals surface area contributed by atoms with Crippen molar-refractivity contribution in [2.24, 2.45) is 0 Å². The van der Waals surface area contributed by atoms with Gasteiger partial charge in [-0.1, -0.05) is 60.9 Å². The third-order valence-corrected chi connectivity index (χ3v) is 3.02. The predicted octanol–water partition coefficient (Wildman–Crippen LogP) is 4.07. The molecule has 0 aliphatic carbocycles. The van der Waals surface area contributed by atoms with Crippen LogP contribution in [0.5, 0.6) is 0 Å². The molecule has 0 amide bonds. The molecule has 0 aliphatic heterocycles. The molecular weight excluding hydrogens is 256 g/mol. The minimum Gasteiger partial charge on any atom is -0.468 e. The van der Waals surface area contributed by atoms with Gasteiger partial charge in [-0.15, -0.1) is 0 Å². The van der Waals surface area contributed by atoms with Gasteiger partial charge in [0.25, 0.3) is 6.47 Å². The maximum Gasteiger partial charge on any atom is 0.293 e. The topological polar surface area (TPSA) is 26.3 Å². The summed E-state index contributed by atoms with van der Waals surface area (Å²) in [5.41, 5.74) is 0. The third-order valence-electron chi connectivity index (χ3n) is 2.46. The molecule has 0 radical (unpaired) electrons. The molecule has 0 aromatic rings. The van der Waals surface area contributed by atoms with Crippen LogP contribution in [0.4, 0.5) is 0 Å². The van der Waals surface area contributed by atoms with Crippen LogP contribution >= 0.6 is 15.9 Å². The summed E-state index contributed by atoms with van der Waals surface area (Å²) in [4.78, 5) is 9.84. The lowest BCUT2D eigenvalue weighted by Crippen LogP contribution is -1.91. The van der Waals surface area contributed by atoms with Gasteiger partial charge >= 0.3 is 0 Å². The number of ether oxygens (including phenoxy) is 1. The molecular formula is C12H23BrO2. The monoisotopic (exact) mass is 278 g/mol. The summed E-state index contributed by atoms with van der Waals surface area (Å²) in [6, 6.07) is 0. The molecule has 0 heterocycles. The Morgan fingerprint density at radius 3 is 1.73 bits per heavy atom.